The lowest BCUT2D eigenvalue weighted by Crippen LogP contribution is -2.34. The molecule has 0 radical (unpaired) electrons. The van der Waals surface area contributed by atoms with Gasteiger partial charge in [-0.1, -0.05) is 18.3 Å². The zero-order valence-electron chi connectivity index (χ0n) is 16.0. The van der Waals surface area contributed by atoms with E-state index in [1.54, 1.807) is 32.9 Å². The van der Waals surface area contributed by atoms with Crippen LogP contribution in [0.2, 0.25) is 0 Å². The summed E-state index contributed by atoms with van der Waals surface area (Å²) in [5.41, 5.74) is -0.705. The van der Waals surface area contributed by atoms with E-state index >= 15 is 0 Å². The minimum Gasteiger partial charge on any atom is -0.463 e. The molecule has 0 spiro atoms. The Kier molecular flexibility index (Phi) is 5.39. The number of ether oxygens (including phenoxy) is 2. The molecule has 7 nitrogen and oxygen atoms in total. The highest BCUT2D eigenvalue weighted by molar-refractivity contribution is 7.18. The van der Waals surface area contributed by atoms with Gasteiger partial charge in [0.2, 0.25) is 0 Å². The van der Waals surface area contributed by atoms with Gasteiger partial charge < -0.3 is 13.9 Å². The first-order valence-electron chi connectivity index (χ1n) is 8.85. The molecule has 27 heavy (non-hydrogen) atoms. The normalized spacial score (nSPS) is 16.7. The van der Waals surface area contributed by atoms with Crippen molar-refractivity contribution in [1.29, 1.82) is 0 Å². The van der Waals surface area contributed by atoms with Crippen LogP contribution in [0.3, 0.4) is 0 Å². The number of amides is 1. The first kappa shape index (κ1) is 19.6. The van der Waals surface area contributed by atoms with E-state index < -0.39 is 17.1 Å². The molecule has 3 heterocycles. The lowest BCUT2D eigenvalue weighted by atomic mass is 9.77. The van der Waals surface area contributed by atoms with Gasteiger partial charge in [-0.25, -0.2) is 9.78 Å². The average Bonchev–Trinajstić information content (AvgIpc) is 3.22. The number of anilines is 1. The van der Waals surface area contributed by atoms with Gasteiger partial charge in [0.05, 0.1) is 6.26 Å². The van der Waals surface area contributed by atoms with Crippen molar-refractivity contribution < 1.29 is 23.5 Å². The summed E-state index contributed by atoms with van der Waals surface area (Å²) in [6.07, 6.45) is 2.21. The number of Topliss-reactive ketones (excluding diaryl/α,β-unsaturated/α-hetero) is 1. The Morgan fingerprint density at radius 2 is 2.00 bits per heavy atom. The van der Waals surface area contributed by atoms with Crippen molar-refractivity contribution in [3.05, 3.63) is 23.3 Å². The number of carbonyl (C=O) groups excluding carboxylic acids is 2. The van der Waals surface area contributed by atoms with Gasteiger partial charge in [0.15, 0.2) is 16.7 Å². The number of hydrogen-bond donors (Lipinski definition) is 1. The van der Waals surface area contributed by atoms with Crippen LogP contribution >= 0.6 is 11.3 Å². The standard InChI is InChI=1S/C19H24N2O5S/c1-18(2,3)26-17(23)21-16-20-13(12-6-5-9-25-12)14(27-16)15(22)19(4)7-10-24-11-8-19/h5-6,9H,7-8,10-11H2,1-4H3,(H,20,21,23). The molecule has 2 aromatic heterocycles. The molecule has 1 aliphatic heterocycles. The zero-order chi connectivity index (χ0) is 19.7. The fourth-order valence-electron chi connectivity index (χ4n) is 2.82. The SMILES string of the molecule is CC(C)(C)OC(=O)Nc1nc(-c2ccco2)c(C(=O)C2(C)CCOCC2)s1. The summed E-state index contributed by atoms with van der Waals surface area (Å²) in [6.45, 7) is 8.40. The third kappa shape index (κ3) is 4.56. The number of nitrogens with zero attached hydrogens (tertiary/aromatic N) is 1. The van der Waals surface area contributed by atoms with Crippen molar-refractivity contribution in [3.63, 3.8) is 0 Å². The lowest BCUT2D eigenvalue weighted by Gasteiger charge is -2.31. The summed E-state index contributed by atoms with van der Waals surface area (Å²) in [6, 6.07) is 3.48. The van der Waals surface area contributed by atoms with E-state index in [0.717, 1.165) is 11.3 Å². The summed E-state index contributed by atoms with van der Waals surface area (Å²) in [7, 11) is 0. The number of rotatable bonds is 4. The van der Waals surface area contributed by atoms with E-state index in [4.69, 9.17) is 13.9 Å². The maximum atomic E-state index is 13.3. The molecule has 1 amide bonds. The smallest absolute Gasteiger partial charge is 0.413 e. The van der Waals surface area contributed by atoms with Gasteiger partial charge in [0.1, 0.15) is 16.2 Å². The third-order valence-electron chi connectivity index (χ3n) is 4.34. The number of nitrogens with one attached hydrogen (secondary N) is 1. The third-order valence-corrected chi connectivity index (χ3v) is 5.31. The Labute approximate surface area is 162 Å². The van der Waals surface area contributed by atoms with Crippen molar-refractivity contribution in [2.45, 2.75) is 46.1 Å². The van der Waals surface area contributed by atoms with Crippen molar-refractivity contribution in [2.24, 2.45) is 5.41 Å². The molecule has 146 valence electrons. The molecule has 1 saturated heterocycles. The van der Waals surface area contributed by atoms with Gasteiger partial charge >= 0.3 is 6.09 Å². The second-order valence-electron chi connectivity index (χ2n) is 7.80. The molecule has 0 aromatic carbocycles. The molecule has 0 saturated carbocycles. The van der Waals surface area contributed by atoms with Crippen molar-refractivity contribution in [2.75, 3.05) is 18.5 Å². The van der Waals surface area contributed by atoms with E-state index in [1.807, 2.05) is 6.92 Å². The van der Waals surface area contributed by atoms with Crippen molar-refractivity contribution >= 4 is 28.3 Å². The molecular formula is C19H24N2O5S. The number of hydrogen-bond acceptors (Lipinski definition) is 7. The van der Waals surface area contributed by atoms with Gasteiger partial charge in [0, 0.05) is 18.6 Å². The van der Waals surface area contributed by atoms with E-state index in [-0.39, 0.29) is 5.78 Å². The highest BCUT2D eigenvalue weighted by atomic mass is 32.1. The predicted molar refractivity (Wildman–Crippen MR) is 102 cm³/mol. The Morgan fingerprint density at radius 1 is 1.30 bits per heavy atom. The highest BCUT2D eigenvalue weighted by Gasteiger charge is 2.39. The molecule has 3 rings (SSSR count). The van der Waals surface area contributed by atoms with E-state index in [9.17, 15) is 9.59 Å². The second kappa shape index (κ2) is 7.44. The van der Waals surface area contributed by atoms with Crippen LogP contribution in [-0.2, 0) is 9.47 Å². The van der Waals surface area contributed by atoms with E-state index in [0.29, 0.717) is 47.5 Å². The Morgan fingerprint density at radius 3 is 2.59 bits per heavy atom. The van der Waals surface area contributed by atoms with Crippen LogP contribution in [0.1, 0.15) is 50.2 Å². The zero-order valence-corrected chi connectivity index (χ0v) is 16.8. The van der Waals surface area contributed by atoms with Crippen LogP contribution in [0, 0.1) is 5.41 Å². The van der Waals surface area contributed by atoms with E-state index in [2.05, 4.69) is 10.3 Å². The maximum absolute atomic E-state index is 13.3. The molecule has 2 aromatic rings. The molecular weight excluding hydrogens is 368 g/mol. The van der Waals surface area contributed by atoms with Gasteiger partial charge in [-0.05, 0) is 45.7 Å². The first-order chi connectivity index (χ1) is 12.7. The molecule has 0 unspecified atom stereocenters. The molecule has 0 atom stereocenters. The summed E-state index contributed by atoms with van der Waals surface area (Å²) in [4.78, 5) is 30.3. The van der Waals surface area contributed by atoms with Crippen LogP contribution < -0.4 is 5.32 Å². The molecule has 0 bridgehead atoms. The Hall–Kier alpha value is -2.19. The van der Waals surface area contributed by atoms with Crippen LogP contribution in [0.5, 0.6) is 0 Å². The van der Waals surface area contributed by atoms with Gasteiger partial charge in [-0.2, -0.15) is 0 Å². The number of carbonyl (C=O) groups is 2. The average molecular weight is 392 g/mol. The molecule has 1 aliphatic rings. The fraction of sp³-hybridized carbons (Fsp3) is 0.526. The number of ketones is 1. The number of aromatic nitrogens is 1. The largest absolute Gasteiger partial charge is 0.463 e. The minimum absolute atomic E-state index is 0.00746. The summed E-state index contributed by atoms with van der Waals surface area (Å²) >= 11 is 1.14. The van der Waals surface area contributed by atoms with Crippen LogP contribution in [0.4, 0.5) is 9.93 Å². The van der Waals surface area contributed by atoms with Crippen LogP contribution in [-0.4, -0.2) is 35.7 Å². The summed E-state index contributed by atoms with van der Waals surface area (Å²) < 4.78 is 16.1. The Bertz CT molecular complexity index is 814. The summed E-state index contributed by atoms with van der Waals surface area (Å²) in [5.74, 6) is 0.481. The lowest BCUT2D eigenvalue weighted by molar-refractivity contribution is 0.0238. The molecule has 8 heteroatoms. The van der Waals surface area contributed by atoms with Gasteiger partial charge in [-0.15, -0.1) is 0 Å². The minimum atomic E-state index is -0.626. The number of thiazole rings is 1. The molecule has 1 fully saturated rings. The van der Waals surface area contributed by atoms with Gasteiger partial charge in [0.25, 0.3) is 0 Å². The second-order valence-corrected chi connectivity index (χ2v) is 8.80. The number of furan rings is 1. The fourth-order valence-corrected chi connectivity index (χ4v) is 3.87. The van der Waals surface area contributed by atoms with Crippen molar-refractivity contribution in [3.8, 4) is 11.5 Å². The predicted octanol–water partition coefficient (Wildman–Crippen LogP) is 4.75. The van der Waals surface area contributed by atoms with E-state index in [1.165, 1.54) is 6.26 Å². The monoisotopic (exact) mass is 392 g/mol. The van der Waals surface area contributed by atoms with Crippen molar-refractivity contribution in [1.82, 2.24) is 4.98 Å². The maximum Gasteiger partial charge on any atom is 0.413 e. The summed E-state index contributed by atoms with van der Waals surface area (Å²) in [5, 5.41) is 2.92. The molecule has 1 N–H and O–H groups in total. The topological polar surface area (TPSA) is 90.7 Å². The van der Waals surface area contributed by atoms with Crippen LogP contribution in [0.15, 0.2) is 22.8 Å². The van der Waals surface area contributed by atoms with Gasteiger partial charge in [-0.3, -0.25) is 10.1 Å². The molecule has 0 aliphatic carbocycles. The quantitative estimate of drug-likeness (QED) is 0.755. The Balaban J connectivity index is 1.91. The van der Waals surface area contributed by atoms with Crippen LogP contribution in [0.25, 0.3) is 11.5 Å². The highest BCUT2D eigenvalue weighted by Crippen LogP contribution is 2.40. The first-order valence-corrected chi connectivity index (χ1v) is 9.67.